The molecule has 0 amide bonds. The van der Waals surface area contributed by atoms with E-state index in [0.29, 0.717) is 19.8 Å². The lowest BCUT2D eigenvalue weighted by Gasteiger charge is -2.11. The number of thiazole rings is 1. The van der Waals surface area contributed by atoms with Crippen LogP contribution in [0.1, 0.15) is 24.4 Å². The molecule has 1 aromatic rings. The summed E-state index contributed by atoms with van der Waals surface area (Å²) >= 11 is 1.66. The van der Waals surface area contributed by atoms with Crippen LogP contribution in [0.15, 0.2) is 17.2 Å². The standard InChI is InChI=1S/C14H24N2O2S/c1-11(2)4-6-15-8-13(17)9-18-7-5-14-12(3)16-10-19-14/h4,10,13,15,17H,5-9H2,1-3H3. The summed E-state index contributed by atoms with van der Waals surface area (Å²) in [5.41, 5.74) is 4.21. The zero-order valence-electron chi connectivity index (χ0n) is 12.0. The molecule has 0 aliphatic heterocycles. The van der Waals surface area contributed by atoms with Crippen LogP contribution >= 0.6 is 11.3 Å². The number of nitrogens with zero attached hydrogens (tertiary/aromatic N) is 1. The highest BCUT2D eigenvalue weighted by molar-refractivity contribution is 7.09. The van der Waals surface area contributed by atoms with Gasteiger partial charge in [-0.15, -0.1) is 11.3 Å². The average molecular weight is 284 g/mol. The molecule has 0 aliphatic carbocycles. The quantitative estimate of drug-likeness (QED) is 0.537. The van der Waals surface area contributed by atoms with Crippen molar-refractivity contribution in [3.05, 3.63) is 27.7 Å². The monoisotopic (exact) mass is 284 g/mol. The SMILES string of the molecule is CC(C)=CCNCC(O)COCCc1scnc1C. The number of hydrogen-bond acceptors (Lipinski definition) is 5. The topological polar surface area (TPSA) is 54.4 Å². The molecule has 0 bridgehead atoms. The molecular weight excluding hydrogens is 260 g/mol. The summed E-state index contributed by atoms with van der Waals surface area (Å²) in [5.74, 6) is 0. The summed E-state index contributed by atoms with van der Waals surface area (Å²) in [5, 5.41) is 12.9. The van der Waals surface area contributed by atoms with Crippen LogP contribution in [0, 0.1) is 6.92 Å². The maximum atomic E-state index is 9.71. The number of allylic oxidation sites excluding steroid dienone is 1. The van der Waals surface area contributed by atoms with Gasteiger partial charge in [0.1, 0.15) is 0 Å². The number of nitrogens with one attached hydrogen (secondary N) is 1. The molecule has 5 heteroatoms. The Balaban J connectivity index is 2.03. The summed E-state index contributed by atoms with van der Waals surface area (Å²) in [7, 11) is 0. The molecule has 1 unspecified atom stereocenters. The van der Waals surface area contributed by atoms with Crippen molar-refractivity contribution >= 4 is 11.3 Å². The molecule has 1 rings (SSSR count). The van der Waals surface area contributed by atoms with Gasteiger partial charge in [-0.05, 0) is 20.8 Å². The summed E-state index contributed by atoms with van der Waals surface area (Å²) in [4.78, 5) is 5.45. The lowest BCUT2D eigenvalue weighted by atomic mass is 10.3. The number of aliphatic hydroxyl groups excluding tert-OH is 1. The Morgan fingerprint density at radius 1 is 1.58 bits per heavy atom. The molecule has 0 saturated heterocycles. The van der Waals surface area contributed by atoms with Gasteiger partial charge in [0.25, 0.3) is 0 Å². The largest absolute Gasteiger partial charge is 0.389 e. The first-order valence-electron chi connectivity index (χ1n) is 6.58. The van der Waals surface area contributed by atoms with Crippen LogP contribution < -0.4 is 5.32 Å². The highest BCUT2D eigenvalue weighted by atomic mass is 32.1. The van der Waals surface area contributed by atoms with Crippen molar-refractivity contribution in [1.29, 1.82) is 0 Å². The van der Waals surface area contributed by atoms with Gasteiger partial charge < -0.3 is 15.2 Å². The van der Waals surface area contributed by atoms with Gasteiger partial charge in [-0.2, -0.15) is 0 Å². The van der Waals surface area contributed by atoms with Gasteiger partial charge in [-0.3, -0.25) is 0 Å². The van der Waals surface area contributed by atoms with Crippen LogP contribution in [0.3, 0.4) is 0 Å². The molecule has 0 saturated carbocycles. The molecule has 0 radical (unpaired) electrons. The number of hydrogen-bond donors (Lipinski definition) is 2. The number of aliphatic hydroxyl groups is 1. The predicted octanol–water partition coefficient (Wildman–Crippen LogP) is 1.93. The van der Waals surface area contributed by atoms with Gasteiger partial charge in [0, 0.05) is 24.4 Å². The zero-order chi connectivity index (χ0) is 14.1. The van der Waals surface area contributed by atoms with E-state index in [1.807, 2.05) is 12.4 Å². The number of aryl methyl sites for hydroxylation is 1. The lowest BCUT2D eigenvalue weighted by Crippen LogP contribution is -2.30. The lowest BCUT2D eigenvalue weighted by molar-refractivity contribution is 0.0390. The molecule has 2 N–H and O–H groups in total. The predicted molar refractivity (Wildman–Crippen MR) is 79.7 cm³/mol. The molecule has 0 aromatic carbocycles. The maximum absolute atomic E-state index is 9.71. The van der Waals surface area contributed by atoms with E-state index in [2.05, 4.69) is 30.2 Å². The van der Waals surface area contributed by atoms with Crippen molar-refractivity contribution in [3.8, 4) is 0 Å². The first-order valence-corrected chi connectivity index (χ1v) is 7.46. The average Bonchev–Trinajstić information content (AvgIpc) is 2.76. The van der Waals surface area contributed by atoms with Crippen LogP contribution in [0.5, 0.6) is 0 Å². The molecule has 4 nitrogen and oxygen atoms in total. The zero-order valence-corrected chi connectivity index (χ0v) is 12.8. The van der Waals surface area contributed by atoms with Crippen molar-refractivity contribution in [1.82, 2.24) is 10.3 Å². The fourth-order valence-corrected chi connectivity index (χ4v) is 2.30. The van der Waals surface area contributed by atoms with E-state index in [9.17, 15) is 5.11 Å². The smallest absolute Gasteiger partial charge is 0.0897 e. The van der Waals surface area contributed by atoms with E-state index in [4.69, 9.17) is 4.74 Å². The van der Waals surface area contributed by atoms with E-state index in [-0.39, 0.29) is 0 Å². The second kappa shape index (κ2) is 9.20. The Hall–Kier alpha value is -0.750. The van der Waals surface area contributed by atoms with Crippen LogP contribution in [-0.4, -0.2) is 42.5 Å². The van der Waals surface area contributed by atoms with E-state index < -0.39 is 6.10 Å². The maximum Gasteiger partial charge on any atom is 0.0897 e. The number of ether oxygens (including phenoxy) is 1. The van der Waals surface area contributed by atoms with E-state index in [1.54, 1.807) is 11.3 Å². The fourth-order valence-electron chi connectivity index (χ4n) is 1.54. The molecule has 108 valence electrons. The Bertz CT molecular complexity index is 387. The molecule has 0 aliphatic rings. The second-order valence-electron chi connectivity index (χ2n) is 4.78. The first kappa shape index (κ1) is 16.3. The van der Waals surface area contributed by atoms with Gasteiger partial charge in [0.15, 0.2) is 0 Å². The summed E-state index contributed by atoms with van der Waals surface area (Å²) in [6.07, 6.45) is 2.52. The van der Waals surface area contributed by atoms with Crippen molar-refractivity contribution in [2.45, 2.75) is 33.3 Å². The number of aromatic nitrogens is 1. The molecule has 1 aromatic heterocycles. The number of rotatable bonds is 9. The summed E-state index contributed by atoms with van der Waals surface area (Å²) in [6.45, 7) is 8.48. The van der Waals surface area contributed by atoms with Gasteiger partial charge in [-0.1, -0.05) is 11.6 Å². The van der Waals surface area contributed by atoms with Crippen molar-refractivity contribution in [2.24, 2.45) is 0 Å². The third-order valence-electron chi connectivity index (χ3n) is 2.66. The van der Waals surface area contributed by atoms with E-state index >= 15 is 0 Å². The van der Waals surface area contributed by atoms with Crippen molar-refractivity contribution in [3.63, 3.8) is 0 Å². The van der Waals surface area contributed by atoms with E-state index in [1.165, 1.54) is 10.5 Å². The highest BCUT2D eigenvalue weighted by Gasteiger charge is 2.05. The fraction of sp³-hybridized carbons (Fsp3) is 0.643. The minimum Gasteiger partial charge on any atom is -0.389 e. The Labute approximate surface area is 119 Å². The second-order valence-corrected chi connectivity index (χ2v) is 5.72. The van der Waals surface area contributed by atoms with Crippen LogP contribution in [-0.2, 0) is 11.2 Å². The van der Waals surface area contributed by atoms with Crippen LogP contribution in [0.2, 0.25) is 0 Å². The molecule has 0 fully saturated rings. The molecular formula is C14H24N2O2S. The van der Waals surface area contributed by atoms with Crippen molar-refractivity contribution in [2.75, 3.05) is 26.3 Å². The third kappa shape index (κ3) is 7.42. The van der Waals surface area contributed by atoms with Gasteiger partial charge >= 0.3 is 0 Å². The Morgan fingerprint density at radius 3 is 3.00 bits per heavy atom. The highest BCUT2D eigenvalue weighted by Crippen LogP contribution is 2.12. The minimum absolute atomic E-state index is 0.375. The Morgan fingerprint density at radius 2 is 2.37 bits per heavy atom. The molecule has 0 spiro atoms. The molecule has 1 atom stereocenters. The van der Waals surface area contributed by atoms with Gasteiger partial charge in [-0.25, -0.2) is 4.98 Å². The van der Waals surface area contributed by atoms with Crippen LogP contribution in [0.25, 0.3) is 0 Å². The van der Waals surface area contributed by atoms with Gasteiger partial charge in [0.2, 0.25) is 0 Å². The molecule has 1 heterocycles. The third-order valence-corrected chi connectivity index (χ3v) is 3.66. The van der Waals surface area contributed by atoms with E-state index in [0.717, 1.165) is 18.7 Å². The van der Waals surface area contributed by atoms with Gasteiger partial charge in [0.05, 0.1) is 30.5 Å². The normalized spacial score (nSPS) is 12.4. The summed E-state index contributed by atoms with van der Waals surface area (Å²) < 4.78 is 5.48. The van der Waals surface area contributed by atoms with Crippen LogP contribution in [0.4, 0.5) is 0 Å². The summed E-state index contributed by atoms with van der Waals surface area (Å²) in [6, 6.07) is 0. The first-order chi connectivity index (χ1) is 9.09. The minimum atomic E-state index is -0.451. The van der Waals surface area contributed by atoms with Crippen molar-refractivity contribution < 1.29 is 9.84 Å². The Kier molecular flexibility index (Phi) is 7.90. The molecule has 19 heavy (non-hydrogen) atoms.